The molecule has 1 aliphatic carbocycles. The highest BCUT2D eigenvalue weighted by atomic mass is 35.5. The summed E-state index contributed by atoms with van der Waals surface area (Å²) in [4.78, 5) is 0. The third kappa shape index (κ3) is 3.22. The molecule has 1 unspecified atom stereocenters. The quantitative estimate of drug-likeness (QED) is 0.879. The minimum atomic E-state index is -0.429. The van der Waals surface area contributed by atoms with Gasteiger partial charge in [0, 0.05) is 11.6 Å². The fourth-order valence-corrected chi connectivity index (χ4v) is 2.77. The van der Waals surface area contributed by atoms with Gasteiger partial charge in [0.1, 0.15) is 5.82 Å². The van der Waals surface area contributed by atoms with Gasteiger partial charge in [-0.2, -0.15) is 0 Å². The molecule has 0 aromatic heterocycles. The lowest BCUT2D eigenvalue weighted by Crippen LogP contribution is -2.36. The highest BCUT2D eigenvalue weighted by Gasteiger charge is 2.21. The maximum absolute atomic E-state index is 13.9. The molecule has 1 atom stereocenters. The van der Waals surface area contributed by atoms with E-state index < -0.39 is 5.82 Å². The average Bonchev–Trinajstić information content (AvgIpc) is 2.41. The van der Waals surface area contributed by atoms with Crippen LogP contribution >= 0.6 is 11.6 Å². The number of aliphatic hydroxyl groups excluding tert-OH is 1. The maximum atomic E-state index is 13.9. The SMILES string of the molecule is OCC(NC1CCCCC1)c1cccc(Cl)c1F. The fourth-order valence-electron chi connectivity index (χ4n) is 2.58. The van der Waals surface area contributed by atoms with Crippen LogP contribution < -0.4 is 5.32 Å². The summed E-state index contributed by atoms with van der Waals surface area (Å²) >= 11 is 5.77. The number of hydrogen-bond donors (Lipinski definition) is 2. The smallest absolute Gasteiger partial charge is 0.146 e. The summed E-state index contributed by atoms with van der Waals surface area (Å²) in [6.07, 6.45) is 5.87. The molecule has 0 saturated heterocycles. The molecule has 0 amide bonds. The van der Waals surface area contributed by atoms with Crippen molar-refractivity contribution in [2.24, 2.45) is 0 Å². The Bertz CT molecular complexity index is 393. The number of halogens is 2. The van der Waals surface area contributed by atoms with Crippen molar-refractivity contribution in [3.8, 4) is 0 Å². The van der Waals surface area contributed by atoms with Crippen LogP contribution in [0, 0.1) is 5.82 Å². The molecule has 0 spiro atoms. The van der Waals surface area contributed by atoms with E-state index in [4.69, 9.17) is 11.6 Å². The van der Waals surface area contributed by atoms with Gasteiger partial charge in [-0.1, -0.05) is 43.0 Å². The van der Waals surface area contributed by atoms with Crippen LogP contribution in [0.3, 0.4) is 0 Å². The Labute approximate surface area is 112 Å². The van der Waals surface area contributed by atoms with Gasteiger partial charge in [-0.3, -0.25) is 0 Å². The number of rotatable bonds is 4. The molecule has 1 saturated carbocycles. The summed E-state index contributed by atoms with van der Waals surface area (Å²) in [6.45, 7) is -0.117. The van der Waals surface area contributed by atoms with Crippen molar-refractivity contribution in [2.75, 3.05) is 6.61 Å². The second kappa shape index (κ2) is 6.50. The lowest BCUT2D eigenvalue weighted by Gasteiger charge is -2.28. The van der Waals surface area contributed by atoms with Crippen molar-refractivity contribution in [1.82, 2.24) is 5.32 Å². The van der Waals surface area contributed by atoms with E-state index in [1.807, 2.05) is 0 Å². The van der Waals surface area contributed by atoms with Gasteiger partial charge in [-0.05, 0) is 18.9 Å². The maximum Gasteiger partial charge on any atom is 0.146 e. The Morgan fingerprint density at radius 2 is 2.06 bits per heavy atom. The van der Waals surface area contributed by atoms with Gasteiger partial charge in [-0.25, -0.2) is 4.39 Å². The van der Waals surface area contributed by atoms with E-state index in [0.29, 0.717) is 11.6 Å². The first-order chi connectivity index (χ1) is 8.72. The molecule has 0 heterocycles. The summed E-state index contributed by atoms with van der Waals surface area (Å²) in [5, 5.41) is 12.9. The van der Waals surface area contributed by atoms with Gasteiger partial charge < -0.3 is 10.4 Å². The van der Waals surface area contributed by atoms with Gasteiger partial charge in [0.05, 0.1) is 17.7 Å². The van der Waals surface area contributed by atoms with Gasteiger partial charge in [0.2, 0.25) is 0 Å². The molecule has 18 heavy (non-hydrogen) atoms. The van der Waals surface area contributed by atoms with Crippen LogP contribution in [0.2, 0.25) is 5.02 Å². The summed E-state index contributed by atoms with van der Waals surface area (Å²) in [7, 11) is 0. The first-order valence-electron chi connectivity index (χ1n) is 6.53. The van der Waals surface area contributed by atoms with Crippen molar-refractivity contribution in [3.05, 3.63) is 34.6 Å². The standard InChI is InChI=1S/C14H19ClFNO/c15-12-8-4-7-11(14(12)16)13(9-18)17-10-5-2-1-3-6-10/h4,7-8,10,13,17-18H,1-3,5-6,9H2. The second-order valence-electron chi connectivity index (χ2n) is 4.88. The molecule has 0 radical (unpaired) electrons. The highest BCUT2D eigenvalue weighted by Crippen LogP contribution is 2.26. The van der Waals surface area contributed by atoms with Crippen molar-refractivity contribution < 1.29 is 9.50 Å². The zero-order valence-electron chi connectivity index (χ0n) is 10.3. The normalized spacial score (nSPS) is 18.8. The van der Waals surface area contributed by atoms with E-state index in [9.17, 15) is 9.50 Å². The highest BCUT2D eigenvalue weighted by molar-refractivity contribution is 6.30. The Kier molecular flexibility index (Phi) is 4.98. The van der Waals surface area contributed by atoms with Crippen molar-refractivity contribution in [3.63, 3.8) is 0 Å². The van der Waals surface area contributed by atoms with Crippen LogP contribution in [0.1, 0.15) is 43.7 Å². The predicted molar refractivity (Wildman–Crippen MR) is 71.2 cm³/mol. The molecule has 1 aromatic carbocycles. The molecule has 100 valence electrons. The van der Waals surface area contributed by atoms with Gasteiger partial charge in [-0.15, -0.1) is 0 Å². The molecular weight excluding hydrogens is 253 g/mol. The van der Waals surface area contributed by atoms with E-state index in [0.717, 1.165) is 12.8 Å². The molecule has 2 nitrogen and oxygen atoms in total. The summed E-state index contributed by atoms with van der Waals surface area (Å²) in [5.41, 5.74) is 0.454. The molecule has 0 bridgehead atoms. The third-order valence-corrected chi connectivity index (χ3v) is 3.87. The van der Waals surface area contributed by atoms with Crippen LogP contribution in [-0.4, -0.2) is 17.8 Å². The van der Waals surface area contributed by atoms with Crippen LogP contribution in [0.5, 0.6) is 0 Å². The number of nitrogens with one attached hydrogen (secondary N) is 1. The number of hydrogen-bond acceptors (Lipinski definition) is 2. The average molecular weight is 272 g/mol. The molecular formula is C14H19ClFNO. The molecule has 4 heteroatoms. The summed E-state index contributed by atoms with van der Waals surface area (Å²) in [6, 6.07) is 4.92. The number of benzene rings is 1. The monoisotopic (exact) mass is 271 g/mol. The summed E-state index contributed by atoms with van der Waals surface area (Å²) in [5.74, 6) is -0.429. The minimum Gasteiger partial charge on any atom is -0.394 e. The first-order valence-corrected chi connectivity index (χ1v) is 6.91. The van der Waals surface area contributed by atoms with Crippen LogP contribution in [0.25, 0.3) is 0 Å². The van der Waals surface area contributed by atoms with Crippen molar-refractivity contribution >= 4 is 11.6 Å². The third-order valence-electron chi connectivity index (χ3n) is 3.58. The molecule has 2 rings (SSSR count). The van der Waals surface area contributed by atoms with E-state index in [1.165, 1.54) is 25.3 Å². The Hall–Kier alpha value is -0.640. The lowest BCUT2D eigenvalue weighted by atomic mass is 9.94. The zero-order chi connectivity index (χ0) is 13.0. The van der Waals surface area contributed by atoms with Crippen LogP contribution in [0.4, 0.5) is 4.39 Å². The van der Waals surface area contributed by atoms with Gasteiger partial charge >= 0.3 is 0 Å². The first kappa shape index (κ1) is 13.8. The second-order valence-corrected chi connectivity index (χ2v) is 5.29. The summed E-state index contributed by atoms with van der Waals surface area (Å²) < 4.78 is 13.9. The molecule has 1 aromatic rings. The molecule has 1 fully saturated rings. The fraction of sp³-hybridized carbons (Fsp3) is 0.571. The van der Waals surface area contributed by atoms with E-state index in [1.54, 1.807) is 12.1 Å². The Morgan fingerprint density at radius 3 is 2.72 bits per heavy atom. The van der Waals surface area contributed by atoms with Crippen LogP contribution in [0.15, 0.2) is 18.2 Å². The molecule has 1 aliphatic rings. The molecule has 2 N–H and O–H groups in total. The predicted octanol–water partition coefficient (Wildman–Crippen LogP) is 3.43. The van der Waals surface area contributed by atoms with E-state index >= 15 is 0 Å². The Balaban J connectivity index is 2.09. The van der Waals surface area contributed by atoms with Gasteiger partial charge in [0.15, 0.2) is 0 Å². The topological polar surface area (TPSA) is 32.3 Å². The van der Waals surface area contributed by atoms with E-state index in [-0.39, 0.29) is 17.7 Å². The van der Waals surface area contributed by atoms with Crippen molar-refractivity contribution in [1.29, 1.82) is 0 Å². The number of aliphatic hydroxyl groups is 1. The minimum absolute atomic E-state index is 0.108. The zero-order valence-corrected chi connectivity index (χ0v) is 11.1. The molecule has 0 aliphatic heterocycles. The lowest BCUT2D eigenvalue weighted by molar-refractivity contribution is 0.217. The van der Waals surface area contributed by atoms with Gasteiger partial charge in [0.25, 0.3) is 0 Å². The largest absolute Gasteiger partial charge is 0.394 e. The Morgan fingerprint density at radius 1 is 1.33 bits per heavy atom. The van der Waals surface area contributed by atoms with Crippen molar-refractivity contribution in [2.45, 2.75) is 44.2 Å². The van der Waals surface area contributed by atoms with E-state index in [2.05, 4.69) is 5.32 Å². The van der Waals surface area contributed by atoms with Crippen LogP contribution in [-0.2, 0) is 0 Å².